The van der Waals surface area contributed by atoms with Crippen molar-refractivity contribution in [3.8, 4) is 5.75 Å². The van der Waals surface area contributed by atoms with Gasteiger partial charge in [0.2, 0.25) is 5.91 Å². The second-order valence-corrected chi connectivity index (χ2v) is 7.63. The highest BCUT2D eigenvalue weighted by atomic mass is 32.2. The molecule has 0 radical (unpaired) electrons. The average molecular weight is 341 g/mol. The van der Waals surface area contributed by atoms with Crippen LogP contribution in [-0.4, -0.2) is 46.4 Å². The van der Waals surface area contributed by atoms with Crippen LogP contribution in [0.3, 0.4) is 0 Å². The van der Waals surface area contributed by atoms with E-state index in [2.05, 4.69) is 5.32 Å². The number of ether oxygens (including phenoxy) is 1. The molecule has 1 heterocycles. The monoisotopic (exact) mass is 341 g/mol. The van der Waals surface area contributed by atoms with Gasteiger partial charge in [0.25, 0.3) is 0 Å². The van der Waals surface area contributed by atoms with Crippen molar-refractivity contribution in [3.05, 3.63) is 24.3 Å². The number of thioether (sulfide) groups is 2. The van der Waals surface area contributed by atoms with E-state index in [0.29, 0.717) is 12.2 Å². The number of carbonyl (C=O) groups excluding carboxylic acids is 1. The first-order valence-corrected chi connectivity index (χ1v) is 8.94. The van der Waals surface area contributed by atoms with Gasteiger partial charge in [-0.1, -0.05) is 0 Å². The summed E-state index contributed by atoms with van der Waals surface area (Å²) in [5.41, 5.74) is -1.11. The topological polar surface area (TPSA) is 75.6 Å². The number of aliphatic carboxylic acids is 1. The fourth-order valence-corrected chi connectivity index (χ4v) is 4.33. The molecule has 1 aromatic rings. The van der Waals surface area contributed by atoms with Crippen LogP contribution >= 0.6 is 23.5 Å². The van der Waals surface area contributed by atoms with Gasteiger partial charge in [-0.2, -0.15) is 11.8 Å². The maximum atomic E-state index is 12.3. The summed E-state index contributed by atoms with van der Waals surface area (Å²) in [6, 6.07) is 7.43. The largest absolute Gasteiger partial charge is 0.497 e. The lowest BCUT2D eigenvalue weighted by Gasteiger charge is -2.26. The van der Waals surface area contributed by atoms with Crippen molar-refractivity contribution in [2.24, 2.45) is 0 Å². The van der Waals surface area contributed by atoms with E-state index in [1.165, 1.54) is 11.8 Å². The Morgan fingerprint density at radius 2 is 2.09 bits per heavy atom. The molecular weight excluding hydrogens is 322 g/mol. The summed E-state index contributed by atoms with van der Waals surface area (Å²) in [6.07, 6.45) is 0.471. The normalized spacial score (nSPS) is 22.1. The molecule has 0 aliphatic carbocycles. The van der Waals surface area contributed by atoms with Crippen LogP contribution in [0.1, 0.15) is 13.3 Å². The predicted octanol–water partition coefficient (Wildman–Crippen LogP) is 2.25. The molecule has 1 saturated heterocycles. The second kappa shape index (κ2) is 7.28. The summed E-state index contributed by atoms with van der Waals surface area (Å²) >= 11 is 2.95. The van der Waals surface area contributed by atoms with E-state index in [9.17, 15) is 14.7 Å². The number of carbonyl (C=O) groups is 2. The molecule has 5 nitrogen and oxygen atoms in total. The molecule has 7 heteroatoms. The van der Waals surface area contributed by atoms with Crippen molar-refractivity contribution in [1.29, 1.82) is 0 Å². The first-order chi connectivity index (χ1) is 10.5. The van der Waals surface area contributed by atoms with Crippen molar-refractivity contribution >= 4 is 35.4 Å². The van der Waals surface area contributed by atoms with E-state index in [4.69, 9.17) is 4.74 Å². The van der Waals surface area contributed by atoms with Gasteiger partial charge in [0.05, 0.1) is 12.4 Å². The minimum Gasteiger partial charge on any atom is -0.497 e. The van der Waals surface area contributed by atoms with Gasteiger partial charge >= 0.3 is 5.97 Å². The first kappa shape index (κ1) is 17.0. The van der Waals surface area contributed by atoms with Crippen molar-refractivity contribution < 1.29 is 19.4 Å². The molecule has 0 saturated carbocycles. The highest BCUT2D eigenvalue weighted by Gasteiger charge is 2.43. The van der Waals surface area contributed by atoms with Gasteiger partial charge in [-0.3, -0.25) is 4.79 Å². The fraction of sp³-hybridized carbons (Fsp3) is 0.467. The van der Waals surface area contributed by atoms with E-state index >= 15 is 0 Å². The standard InChI is InChI=1S/C15H19NO4S2/c1-10(22-12-5-3-11(20-2)4-6-12)13(17)16-15(14(18)19)7-8-21-9-15/h3-6,10H,7-9H2,1-2H3,(H,16,17)(H,18,19). The van der Waals surface area contributed by atoms with Crippen LogP contribution < -0.4 is 10.1 Å². The average Bonchev–Trinajstić information content (AvgIpc) is 2.98. The molecule has 2 atom stereocenters. The zero-order valence-corrected chi connectivity index (χ0v) is 14.1. The quantitative estimate of drug-likeness (QED) is 0.773. The molecule has 1 amide bonds. The highest BCUT2D eigenvalue weighted by Crippen LogP contribution is 2.30. The Morgan fingerprint density at radius 1 is 1.41 bits per heavy atom. The molecule has 0 spiro atoms. The number of hydrogen-bond acceptors (Lipinski definition) is 5. The summed E-state index contributed by atoms with van der Waals surface area (Å²) in [5, 5.41) is 11.8. The predicted molar refractivity (Wildman–Crippen MR) is 88.8 cm³/mol. The third-order valence-corrected chi connectivity index (χ3v) is 5.84. The number of rotatable bonds is 6. The van der Waals surface area contributed by atoms with E-state index in [0.717, 1.165) is 16.4 Å². The summed E-state index contributed by atoms with van der Waals surface area (Å²) in [5.74, 6) is 0.744. The lowest BCUT2D eigenvalue weighted by Crippen LogP contribution is -2.56. The first-order valence-electron chi connectivity index (χ1n) is 6.91. The molecule has 1 aliphatic rings. The molecule has 2 N–H and O–H groups in total. The molecule has 22 heavy (non-hydrogen) atoms. The third-order valence-electron chi connectivity index (χ3n) is 3.54. The lowest BCUT2D eigenvalue weighted by atomic mass is 9.99. The number of carboxylic acid groups (broad SMARTS) is 1. The van der Waals surface area contributed by atoms with Crippen LogP contribution in [0.25, 0.3) is 0 Å². The molecule has 0 bridgehead atoms. The smallest absolute Gasteiger partial charge is 0.330 e. The number of nitrogens with one attached hydrogen (secondary N) is 1. The highest BCUT2D eigenvalue weighted by molar-refractivity contribution is 8.00. The SMILES string of the molecule is COc1ccc(SC(C)C(=O)NC2(C(=O)O)CCSC2)cc1. The Bertz CT molecular complexity index is 541. The maximum Gasteiger partial charge on any atom is 0.330 e. The molecule has 1 aliphatic heterocycles. The number of amides is 1. The van der Waals surface area contributed by atoms with Gasteiger partial charge in [0.1, 0.15) is 11.3 Å². The molecular formula is C15H19NO4S2. The fourth-order valence-electron chi connectivity index (χ4n) is 2.14. The Morgan fingerprint density at radius 3 is 2.59 bits per heavy atom. The molecule has 0 aromatic heterocycles. The summed E-state index contributed by atoms with van der Waals surface area (Å²) in [4.78, 5) is 24.7. The van der Waals surface area contributed by atoms with Gasteiger partial charge in [-0.15, -0.1) is 11.8 Å². The summed E-state index contributed by atoms with van der Waals surface area (Å²) < 4.78 is 5.09. The van der Waals surface area contributed by atoms with Crippen molar-refractivity contribution in [3.63, 3.8) is 0 Å². The van der Waals surface area contributed by atoms with Crippen LogP contribution in [0.2, 0.25) is 0 Å². The number of carboxylic acids is 1. The van der Waals surface area contributed by atoms with Crippen LogP contribution in [0.15, 0.2) is 29.2 Å². The van der Waals surface area contributed by atoms with Crippen molar-refractivity contribution in [1.82, 2.24) is 5.32 Å². The zero-order valence-electron chi connectivity index (χ0n) is 12.5. The van der Waals surface area contributed by atoms with Gasteiger partial charge in [-0.05, 0) is 43.4 Å². The zero-order chi connectivity index (χ0) is 16.2. The van der Waals surface area contributed by atoms with Crippen molar-refractivity contribution in [2.45, 2.75) is 29.0 Å². The van der Waals surface area contributed by atoms with E-state index in [-0.39, 0.29) is 11.2 Å². The summed E-state index contributed by atoms with van der Waals surface area (Å²) in [7, 11) is 1.60. The Hall–Kier alpha value is -1.34. The minimum absolute atomic E-state index is 0.245. The molecule has 1 aromatic carbocycles. The van der Waals surface area contributed by atoms with Gasteiger partial charge in [0, 0.05) is 10.6 Å². The van der Waals surface area contributed by atoms with Crippen LogP contribution in [0, 0.1) is 0 Å². The molecule has 2 unspecified atom stereocenters. The van der Waals surface area contributed by atoms with Crippen LogP contribution in [-0.2, 0) is 9.59 Å². The van der Waals surface area contributed by atoms with E-state index in [1.54, 1.807) is 25.8 Å². The molecule has 1 fully saturated rings. The lowest BCUT2D eigenvalue weighted by molar-refractivity contribution is -0.146. The van der Waals surface area contributed by atoms with Gasteiger partial charge in [-0.25, -0.2) is 4.79 Å². The number of benzene rings is 1. The van der Waals surface area contributed by atoms with Gasteiger partial charge in [0.15, 0.2) is 0 Å². The molecule has 120 valence electrons. The second-order valence-electron chi connectivity index (χ2n) is 5.11. The van der Waals surface area contributed by atoms with Crippen LogP contribution in [0.5, 0.6) is 5.75 Å². The van der Waals surface area contributed by atoms with E-state index in [1.807, 2.05) is 24.3 Å². The van der Waals surface area contributed by atoms with Gasteiger partial charge < -0.3 is 15.2 Å². The Balaban J connectivity index is 1.97. The molecule has 2 rings (SSSR count). The Labute approximate surface area is 138 Å². The maximum absolute atomic E-state index is 12.3. The van der Waals surface area contributed by atoms with Crippen molar-refractivity contribution in [2.75, 3.05) is 18.6 Å². The minimum atomic E-state index is -1.11. The number of hydrogen-bond donors (Lipinski definition) is 2. The summed E-state index contributed by atoms with van der Waals surface area (Å²) in [6.45, 7) is 1.78. The van der Waals surface area contributed by atoms with E-state index < -0.39 is 11.5 Å². The Kier molecular flexibility index (Phi) is 5.63. The van der Waals surface area contributed by atoms with Crippen LogP contribution in [0.4, 0.5) is 0 Å². The third kappa shape index (κ3) is 3.89. The number of methoxy groups -OCH3 is 1.